The summed E-state index contributed by atoms with van der Waals surface area (Å²) >= 11 is 0. The number of rotatable bonds is 0. The highest BCUT2D eigenvalue weighted by Crippen LogP contribution is 1.67. The Morgan fingerprint density at radius 2 is 0.857 bits per heavy atom. The van der Waals surface area contributed by atoms with Gasteiger partial charge in [-0.05, 0) is 0 Å². The van der Waals surface area contributed by atoms with Gasteiger partial charge in [0.15, 0.2) is 0 Å². The standard InChI is InChI=1S/FH.H4O4Si.H2S/c;1-5(2,3)4;/h1H;1-4H;1H2. The highest BCUT2D eigenvalue weighted by Gasteiger charge is 2.22. The Bertz CT molecular complexity index is 27.2. The average Bonchev–Trinajstić information content (AvgIpc) is 0.722. The monoisotopic (exact) mass is 150 g/mol. The van der Waals surface area contributed by atoms with Crippen LogP contribution < -0.4 is 0 Å². The Morgan fingerprint density at radius 3 is 0.857 bits per heavy atom. The third-order valence-electron chi connectivity index (χ3n) is 0. The molecule has 0 amide bonds. The molecule has 0 aliphatic carbocycles. The molecule has 0 aliphatic rings. The highest BCUT2D eigenvalue weighted by atomic mass is 32.1. The van der Waals surface area contributed by atoms with Crippen LogP contribution in [0.15, 0.2) is 0 Å². The van der Waals surface area contributed by atoms with Gasteiger partial charge in [-0.3, -0.25) is 4.70 Å². The van der Waals surface area contributed by atoms with Crippen molar-refractivity contribution in [3.63, 3.8) is 0 Å². The van der Waals surface area contributed by atoms with E-state index in [0.717, 1.165) is 0 Å². The summed E-state index contributed by atoms with van der Waals surface area (Å²) < 4.78 is 0. The SMILES string of the molecule is F.O[Si](O)(O)O.S. The van der Waals surface area contributed by atoms with Crippen molar-refractivity contribution >= 4 is 22.5 Å². The molecule has 0 rings (SSSR count). The van der Waals surface area contributed by atoms with Crippen molar-refractivity contribution in [2.24, 2.45) is 0 Å². The Labute approximate surface area is 47.3 Å². The van der Waals surface area contributed by atoms with Crippen LogP contribution >= 0.6 is 13.5 Å². The average molecular weight is 150 g/mol. The molecule has 4 N–H and O–H groups in total. The van der Waals surface area contributed by atoms with Gasteiger partial charge in [0, 0.05) is 0 Å². The van der Waals surface area contributed by atoms with Gasteiger partial charge in [-0.15, -0.1) is 0 Å². The summed E-state index contributed by atoms with van der Waals surface area (Å²) in [6.07, 6.45) is 0. The molecular weight excluding hydrogens is 143 g/mol. The van der Waals surface area contributed by atoms with E-state index < -0.39 is 9.05 Å². The lowest BCUT2D eigenvalue weighted by Gasteiger charge is -1.91. The molecule has 0 bridgehead atoms. The lowest BCUT2D eigenvalue weighted by atomic mass is 15.7. The van der Waals surface area contributed by atoms with E-state index in [4.69, 9.17) is 19.2 Å². The molecule has 0 aromatic rings. The summed E-state index contributed by atoms with van der Waals surface area (Å²) in [5, 5.41) is 0. The first kappa shape index (κ1) is 15.7. The molecule has 0 atom stereocenters. The Hall–Kier alpha value is 0.337. The minimum atomic E-state index is -4.61. The smallest absolute Gasteiger partial charge is 0.368 e. The van der Waals surface area contributed by atoms with Crippen molar-refractivity contribution in [2.75, 3.05) is 0 Å². The summed E-state index contributed by atoms with van der Waals surface area (Å²) in [6, 6.07) is 0. The molecule has 0 aromatic heterocycles. The van der Waals surface area contributed by atoms with Gasteiger partial charge in [-0.2, -0.15) is 13.5 Å². The summed E-state index contributed by atoms with van der Waals surface area (Å²) in [5.74, 6) is 0. The maximum Gasteiger partial charge on any atom is 0.668 e. The zero-order chi connectivity index (χ0) is 4.50. The van der Waals surface area contributed by atoms with E-state index in [1.54, 1.807) is 0 Å². The molecule has 0 fully saturated rings. The van der Waals surface area contributed by atoms with Crippen LogP contribution in [0.3, 0.4) is 0 Å². The fourth-order valence-electron chi connectivity index (χ4n) is 0. The van der Waals surface area contributed by atoms with Crippen LogP contribution in [0.1, 0.15) is 0 Å². The first-order valence-corrected chi connectivity index (χ1v) is 2.68. The molecule has 0 saturated heterocycles. The van der Waals surface area contributed by atoms with Crippen molar-refractivity contribution in [3.05, 3.63) is 0 Å². The second kappa shape index (κ2) is 4.49. The molecule has 0 heterocycles. The fourth-order valence-corrected chi connectivity index (χ4v) is 0. The van der Waals surface area contributed by atoms with Crippen molar-refractivity contribution in [1.29, 1.82) is 0 Å². The first-order valence-electron chi connectivity index (χ1n) is 0.894. The van der Waals surface area contributed by atoms with Crippen LogP contribution in [0.2, 0.25) is 0 Å². The minimum Gasteiger partial charge on any atom is -0.368 e. The van der Waals surface area contributed by atoms with Crippen molar-refractivity contribution < 1.29 is 23.9 Å². The lowest BCUT2D eigenvalue weighted by molar-refractivity contribution is 0.117. The largest absolute Gasteiger partial charge is 0.668 e. The Balaban J connectivity index is -0.0000000800. The summed E-state index contributed by atoms with van der Waals surface area (Å²) in [7, 11) is -4.61. The number of halogens is 1. The van der Waals surface area contributed by atoms with Gasteiger partial charge in [-0.25, -0.2) is 0 Å². The molecule has 7 heavy (non-hydrogen) atoms. The molecule has 7 heteroatoms. The fraction of sp³-hybridized carbons (Fsp3) is 0. The van der Waals surface area contributed by atoms with Gasteiger partial charge in [0.1, 0.15) is 0 Å². The van der Waals surface area contributed by atoms with Crippen molar-refractivity contribution in [1.82, 2.24) is 0 Å². The van der Waals surface area contributed by atoms with Crippen LogP contribution in [0.25, 0.3) is 0 Å². The predicted octanol–water partition coefficient (Wildman–Crippen LogP) is -2.34. The van der Waals surface area contributed by atoms with E-state index in [-0.39, 0.29) is 18.2 Å². The normalized spacial score (nSPS) is 8.57. The maximum atomic E-state index is 7.33. The van der Waals surface area contributed by atoms with Gasteiger partial charge < -0.3 is 19.2 Å². The van der Waals surface area contributed by atoms with Crippen LogP contribution in [-0.2, 0) is 0 Å². The molecule has 4 nitrogen and oxygen atoms in total. The summed E-state index contributed by atoms with van der Waals surface area (Å²) in [6.45, 7) is 0. The number of hydrogen-bond acceptors (Lipinski definition) is 4. The molecule has 0 unspecified atom stereocenters. The third-order valence-corrected chi connectivity index (χ3v) is 0. The molecule has 0 aromatic carbocycles. The zero-order valence-electron chi connectivity index (χ0n) is 3.20. The van der Waals surface area contributed by atoms with E-state index in [1.165, 1.54) is 0 Å². The number of hydrogen-bond donors (Lipinski definition) is 4. The third kappa shape index (κ3) is 1050. The van der Waals surface area contributed by atoms with Gasteiger partial charge in [0.2, 0.25) is 0 Å². The van der Waals surface area contributed by atoms with Crippen molar-refractivity contribution in [2.45, 2.75) is 0 Å². The summed E-state index contributed by atoms with van der Waals surface area (Å²) in [5.41, 5.74) is 0. The quantitative estimate of drug-likeness (QED) is 0.292. The van der Waals surface area contributed by atoms with Crippen LogP contribution in [0.4, 0.5) is 4.70 Å². The van der Waals surface area contributed by atoms with Gasteiger partial charge >= 0.3 is 9.05 Å². The van der Waals surface area contributed by atoms with Gasteiger partial charge in [0.05, 0.1) is 0 Å². The Morgan fingerprint density at radius 1 is 0.857 bits per heavy atom. The van der Waals surface area contributed by atoms with E-state index in [2.05, 4.69) is 0 Å². The zero-order valence-corrected chi connectivity index (χ0v) is 5.20. The first-order chi connectivity index (χ1) is 2.00. The van der Waals surface area contributed by atoms with Gasteiger partial charge in [0.25, 0.3) is 0 Å². The minimum absolute atomic E-state index is 0. The van der Waals surface area contributed by atoms with Crippen LogP contribution in [-0.4, -0.2) is 28.2 Å². The van der Waals surface area contributed by atoms with E-state index in [1.807, 2.05) is 0 Å². The van der Waals surface area contributed by atoms with Crippen LogP contribution in [0.5, 0.6) is 0 Å². The molecule has 48 valence electrons. The molecule has 0 spiro atoms. The maximum absolute atomic E-state index is 7.33. The second-order valence-electron chi connectivity index (χ2n) is 0.600. The predicted molar refractivity (Wildman–Crippen MR) is 27.5 cm³/mol. The van der Waals surface area contributed by atoms with Crippen molar-refractivity contribution in [3.8, 4) is 0 Å². The molecule has 0 aliphatic heterocycles. The highest BCUT2D eigenvalue weighted by molar-refractivity contribution is 7.59. The van der Waals surface area contributed by atoms with Crippen LogP contribution in [0, 0.1) is 0 Å². The lowest BCUT2D eigenvalue weighted by Crippen LogP contribution is -2.33. The molecule has 0 saturated carbocycles. The molecular formula is H7FO4SSi. The van der Waals surface area contributed by atoms with E-state index in [9.17, 15) is 0 Å². The summed E-state index contributed by atoms with van der Waals surface area (Å²) in [4.78, 5) is 29.3. The topological polar surface area (TPSA) is 80.9 Å². The van der Waals surface area contributed by atoms with E-state index in [0.29, 0.717) is 0 Å². The Kier molecular flexibility index (Phi) is 10.1. The second-order valence-corrected chi connectivity index (χ2v) is 1.80. The molecule has 0 radical (unpaired) electrons. The van der Waals surface area contributed by atoms with E-state index >= 15 is 0 Å². The van der Waals surface area contributed by atoms with Gasteiger partial charge in [-0.1, -0.05) is 0 Å².